The number of allylic oxidation sites excluding steroid dienone is 5. The molecule has 2 aliphatic rings. The van der Waals surface area contributed by atoms with Gasteiger partial charge in [-0.15, -0.1) is 0 Å². The number of unbranched alkanes of at least 4 members (excludes halogenated alkanes) is 1. The van der Waals surface area contributed by atoms with Crippen molar-refractivity contribution in [3.8, 4) is 12.1 Å². The summed E-state index contributed by atoms with van der Waals surface area (Å²) >= 11 is 0.146. The molecule has 1 heterocycles. The van der Waals surface area contributed by atoms with E-state index in [4.69, 9.17) is 0 Å². The maximum atomic E-state index is 13.1. The van der Waals surface area contributed by atoms with Crippen molar-refractivity contribution in [1.82, 2.24) is 0 Å². The van der Waals surface area contributed by atoms with Crippen molar-refractivity contribution in [2.75, 3.05) is 11.4 Å². The van der Waals surface area contributed by atoms with Gasteiger partial charge in [-0.05, 0) is 0 Å². The van der Waals surface area contributed by atoms with Crippen LogP contribution in [-0.4, -0.2) is 27.3 Å². The first-order chi connectivity index (χ1) is 14.7. The summed E-state index contributed by atoms with van der Waals surface area (Å²) in [5.74, 6) is -0.136. The molecule has 0 fully saturated rings. The summed E-state index contributed by atoms with van der Waals surface area (Å²) in [6, 6.07) is 19.5. The predicted octanol–water partition coefficient (Wildman–Crippen LogP) is 4.10. The van der Waals surface area contributed by atoms with Gasteiger partial charge in [0.25, 0.3) is 0 Å². The summed E-state index contributed by atoms with van der Waals surface area (Å²) in [5.41, 5.74) is 3.28. The molecule has 0 amide bonds. The third kappa shape index (κ3) is 3.40. The Hall–Kier alpha value is -3.37. The van der Waals surface area contributed by atoms with Gasteiger partial charge in [-0.2, -0.15) is 0 Å². The number of hydrogen-bond acceptors (Lipinski definition) is 4. The van der Waals surface area contributed by atoms with Crippen LogP contribution in [0.5, 0.6) is 0 Å². The van der Waals surface area contributed by atoms with Crippen LogP contribution in [0.25, 0.3) is 5.57 Å². The van der Waals surface area contributed by atoms with Gasteiger partial charge in [0.2, 0.25) is 0 Å². The van der Waals surface area contributed by atoms with Crippen LogP contribution >= 0.6 is 0 Å². The Morgan fingerprint density at radius 2 is 1.73 bits per heavy atom. The summed E-state index contributed by atoms with van der Waals surface area (Å²) in [6.07, 6.45) is 5.99. The third-order valence-corrected chi connectivity index (χ3v) is 7.57. The number of Topliss-reactive ketones (excluding diaryl/α,β-unsaturated/α-hetero) is 1. The molecule has 0 aromatic heterocycles. The van der Waals surface area contributed by atoms with Gasteiger partial charge in [0.15, 0.2) is 0 Å². The van der Waals surface area contributed by atoms with E-state index >= 15 is 0 Å². The Morgan fingerprint density at radius 3 is 2.47 bits per heavy atom. The number of nitrogens with zero attached hydrogens (tertiary/aromatic N) is 3. The monoisotopic (exact) mass is 457 g/mol. The molecular formula is C25H19N3OSe. The van der Waals surface area contributed by atoms with E-state index in [0.717, 1.165) is 19.4 Å². The molecule has 146 valence electrons. The van der Waals surface area contributed by atoms with Crippen LogP contribution in [0, 0.1) is 22.7 Å². The summed E-state index contributed by atoms with van der Waals surface area (Å²) < 4.78 is 2.51. The van der Waals surface area contributed by atoms with Crippen LogP contribution < -0.4 is 9.36 Å². The van der Waals surface area contributed by atoms with Crippen molar-refractivity contribution >= 4 is 36.5 Å². The number of nitriles is 2. The van der Waals surface area contributed by atoms with Gasteiger partial charge in [-0.1, -0.05) is 0 Å². The van der Waals surface area contributed by atoms with Crippen LogP contribution in [0.1, 0.15) is 35.7 Å². The third-order valence-electron chi connectivity index (χ3n) is 5.19. The SMILES string of the molecule is CCCCN1/C(=C/C=C2\C(=O)c3ccccc3C2=C(C#N)C#N)[Se]c2ccccc21. The summed E-state index contributed by atoms with van der Waals surface area (Å²) in [7, 11) is 0. The van der Waals surface area contributed by atoms with Crippen LogP contribution in [0.3, 0.4) is 0 Å². The topological polar surface area (TPSA) is 67.9 Å². The van der Waals surface area contributed by atoms with E-state index in [9.17, 15) is 15.3 Å². The van der Waals surface area contributed by atoms with Crippen molar-refractivity contribution in [1.29, 1.82) is 10.5 Å². The molecule has 2 aromatic carbocycles. The Bertz CT molecular complexity index is 1190. The molecule has 0 saturated carbocycles. The molecule has 1 aliphatic heterocycles. The zero-order valence-electron chi connectivity index (χ0n) is 16.6. The first-order valence-electron chi connectivity index (χ1n) is 9.85. The van der Waals surface area contributed by atoms with Gasteiger partial charge in [0.05, 0.1) is 0 Å². The minimum atomic E-state index is -0.136. The molecule has 1 aliphatic carbocycles. The standard InChI is InChI=1S/C25H19N3OSe/c1-2-3-14-28-21-10-6-7-11-22(21)30-23(28)13-12-20-24(17(15-26)16-27)18-8-4-5-9-19(18)25(20)29/h4-13H,2-3,14H2,1H3/b20-12-,23-13-. The number of anilines is 1. The minimum absolute atomic E-state index is 0.0268. The predicted molar refractivity (Wildman–Crippen MR) is 119 cm³/mol. The van der Waals surface area contributed by atoms with Crippen LogP contribution in [0.15, 0.2) is 76.4 Å². The zero-order valence-corrected chi connectivity index (χ0v) is 18.3. The number of carbonyl (C=O) groups excluding carboxylic acids is 1. The molecule has 0 saturated heterocycles. The first-order valence-corrected chi connectivity index (χ1v) is 11.6. The Balaban J connectivity index is 1.80. The van der Waals surface area contributed by atoms with E-state index in [1.54, 1.807) is 24.3 Å². The molecule has 0 radical (unpaired) electrons. The Morgan fingerprint density at radius 1 is 1.03 bits per heavy atom. The fraction of sp³-hybridized carbons (Fsp3) is 0.160. The Kier molecular flexibility index (Phi) is 5.68. The van der Waals surface area contributed by atoms with E-state index in [2.05, 4.69) is 36.1 Å². The number of benzene rings is 2. The Labute approximate surface area is 182 Å². The molecule has 0 atom stereocenters. The molecule has 30 heavy (non-hydrogen) atoms. The number of hydrogen-bond donors (Lipinski definition) is 0. The normalized spacial score (nSPS) is 17.1. The van der Waals surface area contributed by atoms with Crippen molar-refractivity contribution in [2.45, 2.75) is 19.8 Å². The average Bonchev–Trinajstić information content (AvgIpc) is 3.27. The molecule has 4 nitrogen and oxygen atoms in total. The summed E-state index contributed by atoms with van der Waals surface area (Å²) in [6.45, 7) is 3.11. The molecular weight excluding hydrogens is 437 g/mol. The van der Waals surface area contributed by atoms with Gasteiger partial charge in [-0.25, -0.2) is 0 Å². The zero-order chi connectivity index (χ0) is 21.1. The fourth-order valence-corrected chi connectivity index (χ4v) is 6.03. The number of rotatable bonds is 4. The van der Waals surface area contributed by atoms with E-state index < -0.39 is 0 Å². The maximum absolute atomic E-state index is 13.1. The molecule has 5 heteroatoms. The number of ketones is 1. The molecule has 4 rings (SSSR count). The molecule has 2 aromatic rings. The van der Waals surface area contributed by atoms with Crippen molar-refractivity contribution < 1.29 is 4.79 Å². The van der Waals surface area contributed by atoms with Gasteiger partial charge >= 0.3 is 183 Å². The van der Waals surface area contributed by atoms with E-state index in [1.807, 2.05) is 24.3 Å². The van der Waals surface area contributed by atoms with Gasteiger partial charge in [0.1, 0.15) is 0 Å². The second kappa shape index (κ2) is 8.56. The van der Waals surface area contributed by atoms with Gasteiger partial charge in [0, 0.05) is 0 Å². The van der Waals surface area contributed by atoms with E-state index in [1.165, 1.54) is 14.7 Å². The molecule has 0 spiro atoms. The molecule has 0 unspecified atom stereocenters. The van der Waals surface area contributed by atoms with Gasteiger partial charge < -0.3 is 0 Å². The van der Waals surface area contributed by atoms with Crippen molar-refractivity contribution in [2.24, 2.45) is 0 Å². The van der Waals surface area contributed by atoms with Gasteiger partial charge in [-0.3, -0.25) is 0 Å². The number of para-hydroxylation sites is 1. The second-order valence-corrected chi connectivity index (χ2v) is 9.24. The molecule has 0 bridgehead atoms. The number of carbonyl (C=O) groups is 1. The summed E-state index contributed by atoms with van der Waals surface area (Å²) in [5, 5.41) is 18.9. The van der Waals surface area contributed by atoms with E-state index in [0.29, 0.717) is 22.3 Å². The second-order valence-electron chi connectivity index (χ2n) is 7.01. The number of fused-ring (bicyclic) bond motifs is 2. The fourth-order valence-electron chi connectivity index (χ4n) is 3.75. The first kappa shape index (κ1) is 19.9. The van der Waals surface area contributed by atoms with Crippen LogP contribution in [0.2, 0.25) is 0 Å². The van der Waals surface area contributed by atoms with Crippen LogP contribution in [0.4, 0.5) is 5.69 Å². The quantitative estimate of drug-likeness (QED) is 0.395. The molecule has 0 N–H and O–H groups in total. The van der Waals surface area contributed by atoms with Crippen molar-refractivity contribution in [3.63, 3.8) is 0 Å². The summed E-state index contributed by atoms with van der Waals surface area (Å²) in [4.78, 5) is 15.4. The average molecular weight is 456 g/mol. The van der Waals surface area contributed by atoms with Crippen LogP contribution in [-0.2, 0) is 0 Å². The van der Waals surface area contributed by atoms with Crippen molar-refractivity contribution in [3.05, 3.63) is 87.6 Å². The van der Waals surface area contributed by atoms with E-state index in [-0.39, 0.29) is 26.3 Å².